The van der Waals surface area contributed by atoms with Crippen LogP contribution in [0.1, 0.15) is 38.2 Å². The van der Waals surface area contributed by atoms with Crippen LogP contribution in [0, 0.1) is 6.92 Å². The van der Waals surface area contributed by atoms with Gasteiger partial charge in [-0.15, -0.1) is 11.8 Å². The molecule has 1 unspecified atom stereocenters. The van der Waals surface area contributed by atoms with E-state index >= 15 is 0 Å². The van der Waals surface area contributed by atoms with Crippen molar-refractivity contribution in [3.63, 3.8) is 0 Å². The van der Waals surface area contributed by atoms with Crippen LogP contribution in [0.5, 0.6) is 0 Å². The number of carbonyl (C=O) groups is 1. The highest BCUT2D eigenvalue weighted by Crippen LogP contribution is 2.25. The third-order valence-corrected chi connectivity index (χ3v) is 8.58. The van der Waals surface area contributed by atoms with Gasteiger partial charge in [-0.05, 0) is 38.8 Å². The minimum atomic E-state index is -3.41. The Morgan fingerprint density at radius 1 is 0.893 bits per heavy atom. The SMILES string of the molecule is Cc1ccc(SC(C)C(=O)N2CCN(S(=O)(=O)N3CCCCCC3)CC2)cc1. The van der Waals surface area contributed by atoms with Crippen molar-refractivity contribution in [2.45, 2.75) is 49.7 Å². The number of thioether (sulfide) groups is 1. The predicted octanol–water partition coefficient (Wildman–Crippen LogP) is 2.74. The van der Waals surface area contributed by atoms with Crippen molar-refractivity contribution < 1.29 is 13.2 Å². The van der Waals surface area contributed by atoms with Crippen molar-refractivity contribution in [3.8, 4) is 0 Å². The maximum absolute atomic E-state index is 12.9. The highest BCUT2D eigenvalue weighted by molar-refractivity contribution is 8.00. The second-order valence-electron chi connectivity index (χ2n) is 7.62. The van der Waals surface area contributed by atoms with E-state index in [2.05, 4.69) is 0 Å². The average Bonchev–Trinajstić information content (AvgIpc) is 2.99. The summed E-state index contributed by atoms with van der Waals surface area (Å²) in [5, 5.41) is -0.184. The summed E-state index contributed by atoms with van der Waals surface area (Å²) in [6.07, 6.45) is 4.08. The van der Waals surface area contributed by atoms with Crippen molar-refractivity contribution >= 4 is 27.9 Å². The number of hydrogen-bond acceptors (Lipinski definition) is 4. The summed E-state index contributed by atoms with van der Waals surface area (Å²) in [6, 6.07) is 8.17. The molecule has 0 aromatic heterocycles. The minimum absolute atomic E-state index is 0.0809. The van der Waals surface area contributed by atoms with Crippen LogP contribution < -0.4 is 0 Å². The van der Waals surface area contributed by atoms with Gasteiger partial charge in [0.1, 0.15) is 0 Å². The van der Waals surface area contributed by atoms with Crippen LogP contribution in [0.15, 0.2) is 29.2 Å². The predicted molar refractivity (Wildman–Crippen MR) is 114 cm³/mol. The molecule has 0 N–H and O–H groups in total. The molecular weight excluding hydrogens is 394 g/mol. The Balaban J connectivity index is 1.53. The topological polar surface area (TPSA) is 60.9 Å². The molecule has 1 aromatic rings. The Hall–Kier alpha value is -1.09. The van der Waals surface area contributed by atoms with Crippen LogP contribution in [0.4, 0.5) is 0 Å². The Kier molecular flexibility index (Phi) is 7.42. The van der Waals surface area contributed by atoms with Crippen molar-refractivity contribution in [2.75, 3.05) is 39.3 Å². The van der Waals surface area contributed by atoms with Crippen molar-refractivity contribution in [3.05, 3.63) is 29.8 Å². The normalized spacial score (nSPS) is 21.3. The lowest BCUT2D eigenvalue weighted by atomic mass is 10.2. The maximum Gasteiger partial charge on any atom is 0.282 e. The molecule has 3 rings (SSSR count). The molecule has 2 saturated heterocycles. The van der Waals surface area contributed by atoms with E-state index in [-0.39, 0.29) is 11.2 Å². The first kappa shape index (κ1) is 21.6. The van der Waals surface area contributed by atoms with E-state index in [0.717, 1.165) is 30.6 Å². The van der Waals surface area contributed by atoms with Gasteiger partial charge in [0.15, 0.2) is 0 Å². The molecule has 2 aliphatic rings. The molecule has 2 heterocycles. The second kappa shape index (κ2) is 9.61. The van der Waals surface area contributed by atoms with Gasteiger partial charge >= 0.3 is 0 Å². The third kappa shape index (κ3) is 5.28. The van der Waals surface area contributed by atoms with E-state index < -0.39 is 10.2 Å². The lowest BCUT2D eigenvalue weighted by molar-refractivity contribution is -0.131. The molecule has 6 nitrogen and oxygen atoms in total. The molecule has 156 valence electrons. The first-order valence-electron chi connectivity index (χ1n) is 10.2. The van der Waals surface area contributed by atoms with E-state index in [1.165, 1.54) is 5.56 Å². The molecule has 0 saturated carbocycles. The largest absolute Gasteiger partial charge is 0.339 e. The summed E-state index contributed by atoms with van der Waals surface area (Å²) in [5.74, 6) is 0.0809. The Morgan fingerprint density at radius 2 is 1.43 bits per heavy atom. The standard InChI is InChI=1S/C20H31N3O3S2/c1-17-7-9-19(10-8-17)27-18(2)20(24)21-13-15-23(16-14-21)28(25,26)22-11-5-3-4-6-12-22/h7-10,18H,3-6,11-16H2,1-2H3. The molecule has 1 aromatic carbocycles. The van der Waals surface area contributed by atoms with Gasteiger partial charge in [-0.1, -0.05) is 30.5 Å². The first-order valence-corrected chi connectivity index (χ1v) is 12.4. The zero-order valence-electron chi connectivity index (χ0n) is 16.8. The van der Waals surface area contributed by atoms with E-state index in [4.69, 9.17) is 0 Å². The van der Waals surface area contributed by atoms with Gasteiger partial charge in [-0.2, -0.15) is 17.0 Å². The molecule has 0 bridgehead atoms. The van der Waals surface area contributed by atoms with E-state index in [1.54, 1.807) is 25.3 Å². The molecular formula is C20H31N3O3S2. The van der Waals surface area contributed by atoms with Crippen LogP contribution in [0.25, 0.3) is 0 Å². The Bertz CT molecular complexity index is 751. The quantitative estimate of drug-likeness (QED) is 0.681. The molecule has 0 aliphatic carbocycles. The van der Waals surface area contributed by atoms with Crippen molar-refractivity contribution in [2.24, 2.45) is 0 Å². The fraction of sp³-hybridized carbons (Fsp3) is 0.650. The molecule has 8 heteroatoms. The Morgan fingerprint density at radius 3 is 2.00 bits per heavy atom. The third-order valence-electron chi connectivity index (χ3n) is 5.45. The molecule has 1 atom stereocenters. The van der Waals surface area contributed by atoms with Crippen LogP contribution in [-0.4, -0.2) is 72.4 Å². The van der Waals surface area contributed by atoms with Crippen LogP contribution in [0.2, 0.25) is 0 Å². The average molecular weight is 426 g/mol. The highest BCUT2D eigenvalue weighted by Gasteiger charge is 2.34. The van der Waals surface area contributed by atoms with Gasteiger partial charge in [0, 0.05) is 44.2 Å². The molecule has 2 fully saturated rings. The zero-order valence-corrected chi connectivity index (χ0v) is 18.5. The lowest BCUT2D eigenvalue weighted by Crippen LogP contribution is -2.55. The summed E-state index contributed by atoms with van der Waals surface area (Å²) in [6.45, 7) is 6.89. The van der Waals surface area contributed by atoms with Gasteiger partial charge in [-0.3, -0.25) is 4.79 Å². The molecule has 0 spiro atoms. The number of hydrogen-bond donors (Lipinski definition) is 0. The lowest BCUT2D eigenvalue weighted by Gasteiger charge is -2.37. The molecule has 28 heavy (non-hydrogen) atoms. The maximum atomic E-state index is 12.9. The summed E-state index contributed by atoms with van der Waals surface area (Å²) >= 11 is 1.55. The van der Waals surface area contributed by atoms with Crippen LogP contribution in [0.3, 0.4) is 0 Å². The van der Waals surface area contributed by atoms with Crippen molar-refractivity contribution in [1.29, 1.82) is 0 Å². The van der Waals surface area contributed by atoms with Crippen LogP contribution >= 0.6 is 11.8 Å². The summed E-state index contributed by atoms with van der Waals surface area (Å²) in [7, 11) is -3.41. The van der Waals surface area contributed by atoms with E-state index in [0.29, 0.717) is 39.3 Å². The van der Waals surface area contributed by atoms with Gasteiger partial charge in [0.05, 0.1) is 5.25 Å². The minimum Gasteiger partial charge on any atom is -0.339 e. The number of piperazine rings is 1. The number of carbonyl (C=O) groups excluding carboxylic acids is 1. The van der Waals surface area contributed by atoms with Gasteiger partial charge in [0.2, 0.25) is 5.91 Å². The van der Waals surface area contributed by atoms with E-state index in [1.807, 2.05) is 38.1 Å². The van der Waals surface area contributed by atoms with Gasteiger partial charge < -0.3 is 4.90 Å². The van der Waals surface area contributed by atoms with Gasteiger partial charge in [-0.25, -0.2) is 0 Å². The number of amides is 1. The monoisotopic (exact) mass is 425 g/mol. The van der Waals surface area contributed by atoms with Crippen molar-refractivity contribution in [1.82, 2.24) is 13.5 Å². The second-order valence-corrected chi connectivity index (χ2v) is 11.0. The smallest absolute Gasteiger partial charge is 0.282 e. The highest BCUT2D eigenvalue weighted by atomic mass is 32.2. The number of rotatable bonds is 5. The zero-order chi connectivity index (χ0) is 20.1. The first-order chi connectivity index (χ1) is 13.4. The summed E-state index contributed by atoms with van der Waals surface area (Å²) < 4.78 is 29.0. The van der Waals surface area contributed by atoms with Gasteiger partial charge in [0.25, 0.3) is 10.2 Å². The molecule has 1 amide bonds. The van der Waals surface area contributed by atoms with Crippen LogP contribution in [-0.2, 0) is 15.0 Å². The summed E-state index contributed by atoms with van der Waals surface area (Å²) in [4.78, 5) is 15.7. The fourth-order valence-electron chi connectivity index (χ4n) is 3.70. The number of nitrogens with zero attached hydrogens (tertiary/aromatic N) is 3. The Labute approximate surface area is 173 Å². The molecule has 0 radical (unpaired) electrons. The number of benzene rings is 1. The fourth-order valence-corrected chi connectivity index (χ4v) is 6.33. The van der Waals surface area contributed by atoms with E-state index in [9.17, 15) is 13.2 Å². The number of aryl methyl sites for hydroxylation is 1. The summed E-state index contributed by atoms with van der Waals surface area (Å²) in [5.41, 5.74) is 1.20. The molecule has 2 aliphatic heterocycles.